The van der Waals surface area contributed by atoms with Crippen molar-refractivity contribution in [3.8, 4) is 0 Å². The highest BCUT2D eigenvalue weighted by molar-refractivity contribution is 5.77. The normalized spacial score (nSPS) is 11.7. The summed E-state index contributed by atoms with van der Waals surface area (Å²) in [5.74, 6) is -1.63. The topological polar surface area (TPSA) is 123 Å². The average Bonchev–Trinajstić information content (AvgIpc) is 3.14. The van der Waals surface area contributed by atoms with E-state index in [2.05, 4.69) is 15.3 Å². The molecular formula is C20H21N5O3. The standard InChI is InChI=1S/C20H21N5O3/c21-18-7-6-15(10-22-18)8-16(20(27)28)17-11-25(13-24-17)12-19(26)23-9-14-4-2-1-3-5-14/h1-7,10-11,13,16H,8-9,12H2,(H2,21,22)(H,23,26)(H,27,28)/t16-/m1/s1. The summed E-state index contributed by atoms with van der Waals surface area (Å²) in [6.07, 6.45) is 4.85. The molecule has 2 aromatic heterocycles. The van der Waals surface area contributed by atoms with E-state index in [-0.39, 0.29) is 18.9 Å². The quantitative estimate of drug-likeness (QED) is 0.546. The molecule has 28 heavy (non-hydrogen) atoms. The Bertz CT molecular complexity index is 938. The number of amides is 1. The number of nitrogen functional groups attached to an aromatic ring is 1. The van der Waals surface area contributed by atoms with Crippen LogP contribution in [0.3, 0.4) is 0 Å². The molecule has 0 fully saturated rings. The van der Waals surface area contributed by atoms with E-state index in [9.17, 15) is 14.7 Å². The van der Waals surface area contributed by atoms with Crippen LogP contribution in [0.25, 0.3) is 0 Å². The van der Waals surface area contributed by atoms with Crippen LogP contribution in [0.1, 0.15) is 22.7 Å². The lowest BCUT2D eigenvalue weighted by Crippen LogP contribution is -2.26. The lowest BCUT2D eigenvalue weighted by molar-refractivity contribution is -0.138. The molecular weight excluding hydrogens is 358 g/mol. The zero-order valence-corrected chi connectivity index (χ0v) is 15.2. The van der Waals surface area contributed by atoms with Gasteiger partial charge in [-0.1, -0.05) is 36.4 Å². The molecule has 0 aliphatic carbocycles. The molecule has 1 atom stereocenters. The smallest absolute Gasteiger partial charge is 0.312 e. The molecule has 3 rings (SSSR count). The number of imidazole rings is 1. The Hall–Kier alpha value is -3.68. The fraction of sp³-hybridized carbons (Fsp3) is 0.200. The van der Waals surface area contributed by atoms with E-state index in [1.54, 1.807) is 29.1 Å². The summed E-state index contributed by atoms with van der Waals surface area (Å²) in [7, 11) is 0. The summed E-state index contributed by atoms with van der Waals surface area (Å²) in [6.45, 7) is 0.499. The van der Waals surface area contributed by atoms with E-state index in [0.29, 0.717) is 18.1 Å². The van der Waals surface area contributed by atoms with Gasteiger partial charge in [-0.05, 0) is 23.6 Å². The Morgan fingerprint density at radius 2 is 1.89 bits per heavy atom. The number of pyridine rings is 1. The molecule has 0 saturated carbocycles. The van der Waals surface area contributed by atoms with E-state index in [1.165, 1.54) is 6.33 Å². The molecule has 1 aromatic carbocycles. The minimum Gasteiger partial charge on any atom is -0.481 e. The Kier molecular flexibility index (Phi) is 6.01. The maximum atomic E-state index is 12.1. The number of nitrogens with two attached hydrogens (primary N) is 1. The van der Waals surface area contributed by atoms with E-state index < -0.39 is 11.9 Å². The highest BCUT2D eigenvalue weighted by Crippen LogP contribution is 2.20. The van der Waals surface area contributed by atoms with Crippen molar-refractivity contribution in [1.29, 1.82) is 0 Å². The number of carbonyl (C=O) groups is 2. The van der Waals surface area contributed by atoms with Crippen molar-refractivity contribution in [2.24, 2.45) is 0 Å². The molecule has 0 aliphatic heterocycles. The summed E-state index contributed by atoms with van der Waals surface area (Å²) in [5, 5.41) is 12.4. The van der Waals surface area contributed by atoms with Gasteiger partial charge in [0.1, 0.15) is 18.3 Å². The summed E-state index contributed by atoms with van der Waals surface area (Å²) in [4.78, 5) is 32.0. The van der Waals surface area contributed by atoms with E-state index in [0.717, 1.165) is 11.1 Å². The largest absolute Gasteiger partial charge is 0.481 e. The van der Waals surface area contributed by atoms with Crippen molar-refractivity contribution < 1.29 is 14.7 Å². The summed E-state index contributed by atoms with van der Waals surface area (Å²) in [6, 6.07) is 13.0. The van der Waals surface area contributed by atoms with Gasteiger partial charge in [0.25, 0.3) is 0 Å². The van der Waals surface area contributed by atoms with Gasteiger partial charge < -0.3 is 20.7 Å². The van der Waals surface area contributed by atoms with E-state index >= 15 is 0 Å². The zero-order chi connectivity index (χ0) is 19.9. The van der Waals surface area contributed by atoms with Gasteiger partial charge in [-0.15, -0.1) is 0 Å². The number of carbonyl (C=O) groups excluding carboxylic acids is 1. The molecule has 3 aromatic rings. The molecule has 8 nitrogen and oxygen atoms in total. The van der Waals surface area contributed by atoms with Crippen LogP contribution < -0.4 is 11.1 Å². The van der Waals surface area contributed by atoms with Gasteiger partial charge in [0.15, 0.2) is 0 Å². The highest BCUT2D eigenvalue weighted by Gasteiger charge is 2.23. The molecule has 2 heterocycles. The van der Waals surface area contributed by atoms with Crippen LogP contribution in [0.4, 0.5) is 5.82 Å². The lowest BCUT2D eigenvalue weighted by Gasteiger charge is -2.10. The second-order valence-electron chi connectivity index (χ2n) is 6.42. The average molecular weight is 379 g/mol. The number of nitrogens with one attached hydrogen (secondary N) is 1. The van der Waals surface area contributed by atoms with Gasteiger partial charge in [0.2, 0.25) is 5.91 Å². The molecule has 0 spiro atoms. The minimum absolute atomic E-state index is 0.0651. The molecule has 4 N–H and O–H groups in total. The maximum absolute atomic E-state index is 12.1. The van der Waals surface area contributed by atoms with E-state index in [4.69, 9.17) is 5.73 Å². The number of hydrogen-bond donors (Lipinski definition) is 3. The number of rotatable bonds is 8. The zero-order valence-electron chi connectivity index (χ0n) is 15.2. The third kappa shape index (κ3) is 5.16. The molecule has 0 bridgehead atoms. The van der Waals surface area contributed by atoms with E-state index in [1.807, 2.05) is 30.3 Å². The fourth-order valence-electron chi connectivity index (χ4n) is 2.77. The van der Waals surface area contributed by atoms with Crippen LogP contribution in [0, 0.1) is 0 Å². The number of anilines is 1. The number of hydrogen-bond acceptors (Lipinski definition) is 5. The third-order valence-electron chi connectivity index (χ3n) is 4.25. The molecule has 1 amide bonds. The first-order valence-electron chi connectivity index (χ1n) is 8.77. The summed E-state index contributed by atoms with van der Waals surface area (Å²) < 4.78 is 1.58. The Labute approximate surface area is 162 Å². The summed E-state index contributed by atoms with van der Waals surface area (Å²) in [5.41, 5.74) is 7.70. The third-order valence-corrected chi connectivity index (χ3v) is 4.25. The second kappa shape index (κ2) is 8.81. The Morgan fingerprint density at radius 1 is 1.11 bits per heavy atom. The maximum Gasteiger partial charge on any atom is 0.312 e. The SMILES string of the molecule is Nc1ccc(C[C@@H](C(=O)O)c2cn(CC(=O)NCc3ccccc3)cn2)cn1. The van der Waals surface area contributed by atoms with Gasteiger partial charge in [-0.3, -0.25) is 9.59 Å². The van der Waals surface area contributed by atoms with Crippen LogP contribution in [0.15, 0.2) is 61.2 Å². The van der Waals surface area contributed by atoms with Crippen molar-refractivity contribution in [1.82, 2.24) is 19.9 Å². The van der Waals surface area contributed by atoms with Crippen LogP contribution in [-0.2, 0) is 29.1 Å². The first-order chi connectivity index (χ1) is 13.5. The highest BCUT2D eigenvalue weighted by atomic mass is 16.4. The molecule has 144 valence electrons. The second-order valence-corrected chi connectivity index (χ2v) is 6.42. The van der Waals surface area contributed by atoms with Gasteiger partial charge in [-0.2, -0.15) is 0 Å². The van der Waals surface area contributed by atoms with Crippen molar-refractivity contribution in [2.45, 2.75) is 25.4 Å². The fourth-order valence-corrected chi connectivity index (χ4v) is 2.77. The van der Waals surface area contributed by atoms with Crippen molar-refractivity contribution in [3.05, 3.63) is 78.0 Å². The molecule has 0 unspecified atom stereocenters. The summed E-state index contributed by atoms with van der Waals surface area (Å²) >= 11 is 0. The Balaban J connectivity index is 1.61. The monoisotopic (exact) mass is 379 g/mol. The number of carboxylic acid groups (broad SMARTS) is 1. The van der Waals surface area contributed by atoms with Crippen LogP contribution in [0.2, 0.25) is 0 Å². The number of nitrogens with zero attached hydrogens (tertiary/aromatic N) is 3. The van der Waals surface area contributed by atoms with Gasteiger partial charge in [0.05, 0.1) is 12.0 Å². The lowest BCUT2D eigenvalue weighted by atomic mass is 9.98. The molecule has 0 aliphatic rings. The number of carboxylic acids is 1. The van der Waals surface area contributed by atoms with Gasteiger partial charge in [-0.25, -0.2) is 9.97 Å². The van der Waals surface area contributed by atoms with Crippen LogP contribution in [-0.4, -0.2) is 31.5 Å². The van der Waals surface area contributed by atoms with Crippen molar-refractivity contribution >= 4 is 17.7 Å². The Morgan fingerprint density at radius 3 is 2.57 bits per heavy atom. The van der Waals surface area contributed by atoms with Crippen molar-refractivity contribution in [3.63, 3.8) is 0 Å². The first kappa shape index (κ1) is 19.1. The molecule has 8 heteroatoms. The van der Waals surface area contributed by atoms with Crippen LogP contribution >= 0.6 is 0 Å². The number of benzene rings is 1. The molecule has 0 radical (unpaired) electrons. The predicted octanol–water partition coefficient (Wildman–Crippen LogP) is 1.59. The van der Waals surface area contributed by atoms with Gasteiger partial charge >= 0.3 is 5.97 Å². The van der Waals surface area contributed by atoms with Crippen LogP contribution in [0.5, 0.6) is 0 Å². The molecule has 0 saturated heterocycles. The number of aliphatic carboxylic acids is 1. The number of aromatic nitrogens is 3. The van der Waals surface area contributed by atoms with Gasteiger partial charge in [0, 0.05) is 18.9 Å². The van der Waals surface area contributed by atoms with Crippen molar-refractivity contribution in [2.75, 3.05) is 5.73 Å². The first-order valence-corrected chi connectivity index (χ1v) is 8.77. The minimum atomic E-state index is -0.990. The predicted molar refractivity (Wildman–Crippen MR) is 103 cm³/mol.